The fraction of sp³-hybridized carbons (Fsp3) is 0.316. The molecule has 1 aliphatic rings. The molecule has 3 atom stereocenters. The van der Waals surface area contributed by atoms with Gasteiger partial charge in [0.25, 0.3) is 0 Å². The summed E-state index contributed by atoms with van der Waals surface area (Å²) in [5.41, 5.74) is 7.23. The lowest BCUT2D eigenvalue weighted by atomic mass is 9.96. The van der Waals surface area contributed by atoms with Crippen molar-refractivity contribution in [1.29, 1.82) is 0 Å². The number of hydrogen-bond acceptors (Lipinski definition) is 2. The predicted molar refractivity (Wildman–Crippen MR) is 103 cm³/mol. The van der Waals surface area contributed by atoms with E-state index >= 15 is 0 Å². The van der Waals surface area contributed by atoms with Gasteiger partial charge < -0.3 is 11.1 Å². The zero-order chi connectivity index (χ0) is 17.1. The fourth-order valence-corrected chi connectivity index (χ4v) is 3.57. The van der Waals surface area contributed by atoms with Gasteiger partial charge in [0, 0.05) is 22.0 Å². The largest absolute Gasteiger partial charge is 0.345 e. The molecular weight excluding hydrogens is 407 g/mol. The molecule has 0 spiro atoms. The Hall–Kier alpha value is -1.43. The topological polar surface area (TPSA) is 55.1 Å². The lowest BCUT2D eigenvalue weighted by molar-refractivity contribution is -0.125. The summed E-state index contributed by atoms with van der Waals surface area (Å²) in [5.74, 6) is -0.495. The van der Waals surface area contributed by atoms with E-state index in [4.69, 9.17) is 5.73 Å². The van der Waals surface area contributed by atoms with E-state index < -0.39 is 6.04 Å². The molecule has 0 bridgehead atoms. The number of nitrogens with one attached hydrogen (secondary N) is 1. The standard InChI is InChI=1S/C19H20BrFN2O.ClH/c20-14-7-9-16(17(21)11-14)18(12-4-2-1-3-5-12)23-19(24)13-6-8-15(22)10-13;/h1-5,7,9,11,13,15,18H,6,8,10,22H2,(H,23,24);1H. The molecule has 3 nitrogen and oxygen atoms in total. The fourth-order valence-electron chi connectivity index (χ4n) is 3.24. The van der Waals surface area contributed by atoms with Crippen LogP contribution in [0.3, 0.4) is 0 Å². The minimum atomic E-state index is -0.511. The molecule has 0 radical (unpaired) electrons. The molecule has 3 N–H and O–H groups in total. The summed E-state index contributed by atoms with van der Waals surface area (Å²) in [5, 5.41) is 3.02. The molecule has 134 valence electrons. The predicted octanol–water partition coefficient (Wildman–Crippen LogP) is 4.34. The quantitative estimate of drug-likeness (QED) is 0.762. The van der Waals surface area contributed by atoms with Crippen molar-refractivity contribution >= 4 is 34.2 Å². The SMILES string of the molecule is Cl.NC1CCC(C(=O)NC(c2ccccc2)c2ccc(Br)cc2F)C1. The van der Waals surface area contributed by atoms with Gasteiger partial charge in [-0.1, -0.05) is 52.3 Å². The van der Waals surface area contributed by atoms with Crippen molar-refractivity contribution < 1.29 is 9.18 Å². The monoisotopic (exact) mass is 426 g/mol. The molecule has 1 aliphatic carbocycles. The second-order valence-electron chi connectivity index (χ2n) is 6.29. The zero-order valence-electron chi connectivity index (χ0n) is 13.6. The van der Waals surface area contributed by atoms with Gasteiger partial charge in [-0.25, -0.2) is 4.39 Å². The van der Waals surface area contributed by atoms with Crippen molar-refractivity contribution in [2.75, 3.05) is 0 Å². The maximum atomic E-state index is 14.5. The summed E-state index contributed by atoms with van der Waals surface area (Å²) in [7, 11) is 0. The lowest BCUT2D eigenvalue weighted by Gasteiger charge is -2.22. The molecule has 0 aromatic heterocycles. The Labute approximate surface area is 161 Å². The zero-order valence-corrected chi connectivity index (χ0v) is 16.0. The van der Waals surface area contributed by atoms with Gasteiger partial charge in [-0.05, 0) is 37.0 Å². The van der Waals surface area contributed by atoms with E-state index in [-0.39, 0.29) is 36.1 Å². The highest BCUT2D eigenvalue weighted by atomic mass is 79.9. The van der Waals surface area contributed by atoms with E-state index in [0.29, 0.717) is 16.5 Å². The van der Waals surface area contributed by atoms with Crippen LogP contribution in [0.2, 0.25) is 0 Å². The van der Waals surface area contributed by atoms with Gasteiger partial charge in [0.1, 0.15) is 5.82 Å². The first-order valence-electron chi connectivity index (χ1n) is 8.10. The summed E-state index contributed by atoms with van der Waals surface area (Å²) in [6, 6.07) is 13.9. The Balaban J connectivity index is 0.00000225. The average Bonchev–Trinajstić information content (AvgIpc) is 3.00. The minimum absolute atomic E-state index is 0. The summed E-state index contributed by atoms with van der Waals surface area (Å²) in [6.07, 6.45) is 2.34. The molecule has 2 aromatic rings. The Bertz CT molecular complexity index is 729. The van der Waals surface area contributed by atoms with Gasteiger partial charge >= 0.3 is 0 Å². The van der Waals surface area contributed by atoms with Crippen molar-refractivity contribution in [3.8, 4) is 0 Å². The second kappa shape index (κ2) is 8.79. The molecule has 1 fully saturated rings. The molecule has 0 aliphatic heterocycles. The highest BCUT2D eigenvalue weighted by Crippen LogP contribution is 2.29. The number of carbonyl (C=O) groups excluding carboxylic acids is 1. The van der Waals surface area contributed by atoms with Gasteiger partial charge in [-0.3, -0.25) is 4.79 Å². The van der Waals surface area contributed by atoms with Crippen molar-refractivity contribution in [3.63, 3.8) is 0 Å². The molecule has 25 heavy (non-hydrogen) atoms. The average molecular weight is 428 g/mol. The van der Waals surface area contributed by atoms with E-state index in [0.717, 1.165) is 18.4 Å². The van der Waals surface area contributed by atoms with Crippen LogP contribution in [-0.2, 0) is 4.79 Å². The van der Waals surface area contributed by atoms with Crippen LogP contribution in [0.1, 0.15) is 36.4 Å². The summed E-state index contributed by atoms with van der Waals surface area (Å²) >= 11 is 3.27. The molecule has 0 saturated heterocycles. The molecular formula is C19H21BrClFN2O. The second-order valence-corrected chi connectivity index (χ2v) is 7.20. The number of rotatable bonds is 4. The van der Waals surface area contributed by atoms with Crippen LogP contribution in [-0.4, -0.2) is 11.9 Å². The Morgan fingerprint density at radius 2 is 1.92 bits per heavy atom. The van der Waals surface area contributed by atoms with Gasteiger partial charge in [-0.15, -0.1) is 12.4 Å². The number of benzene rings is 2. The number of amides is 1. The third-order valence-corrected chi connectivity index (χ3v) is 5.03. The van der Waals surface area contributed by atoms with Gasteiger partial charge in [-0.2, -0.15) is 0 Å². The van der Waals surface area contributed by atoms with Crippen LogP contribution in [0.15, 0.2) is 53.0 Å². The van der Waals surface area contributed by atoms with Crippen LogP contribution in [0.25, 0.3) is 0 Å². The van der Waals surface area contributed by atoms with Crippen LogP contribution >= 0.6 is 28.3 Å². The molecule has 3 rings (SSSR count). The van der Waals surface area contributed by atoms with E-state index in [1.54, 1.807) is 12.1 Å². The smallest absolute Gasteiger partial charge is 0.223 e. The van der Waals surface area contributed by atoms with Crippen LogP contribution in [0.5, 0.6) is 0 Å². The van der Waals surface area contributed by atoms with Crippen molar-refractivity contribution in [2.45, 2.75) is 31.3 Å². The van der Waals surface area contributed by atoms with Crippen molar-refractivity contribution in [1.82, 2.24) is 5.32 Å². The maximum absolute atomic E-state index is 14.5. The minimum Gasteiger partial charge on any atom is -0.345 e. The first-order valence-corrected chi connectivity index (χ1v) is 8.89. The Morgan fingerprint density at radius 1 is 1.20 bits per heavy atom. The maximum Gasteiger partial charge on any atom is 0.223 e. The molecule has 6 heteroatoms. The summed E-state index contributed by atoms with van der Waals surface area (Å²) in [6.45, 7) is 0. The van der Waals surface area contributed by atoms with Crippen LogP contribution in [0.4, 0.5) is 4.39 Å². The van der Waals surface area contributed by atoms with E-state index in [1.165, 1.54) is 6.07 Å². The molecule has 1 amide bonds. The van der Waals surface area contributed by atoms with Gasteiger partial charge in [0.15, 0.2) is 0 Å². The van der Waals surface area contributed by atoms with E-state index in [2.05, 4.69) is 21.2 Å². The van der Waals surface area contributed by atoms with Crippen molar-refractivity contribution in [2.24, 2.45) is 11.7 Å². The summed E-state index contributed by atoms with van der Waals surface area (Å²) < 4.78 is 15.1. The van der Waals surface area contributed by atoms with Gasteiger partial charge in [0.2, 0.25) is 5.91 Å². The van der Waals surface area contributed by atoms with Crippen LogP contribution < -0.4 is 11.1 Å². The molecule has 2 aromatic carbocycles. The Morgan fingerprint density at radius 3 is 2.52 bits per heavy atom. The van der Waals surface area contributed by atoms with Gasteiger partial charge in [0.05, 0.1) is 6.04 Å². The number of nitrogens with two attached hydrogens (primary N) is 1. The molecule has 3 unspecified atom stereocenters. The third kappa shape index (κ3) is 4.81. The van der Waals surface area contributed by atoms with E-state index in [9.17, 15) is 9.18 Å². The highest BCUT2D eigenvalue weighted by molar-refractivity contribution is 9.10. The van der Waals surface area contributed by atoms with Crippen LogP contribution in [0, 0.1) is 11.7 Å². The summed E-state index contributed by atoms with van der Waals surface area (Å²) in [4.78, 5) is 12.6. The Kier molecular flexibility index (Phi) is 6.99. The molecule has 1 saturated carbocycles. The first-order chi connectivity index (χ1) is 11.5. The lowest BCUT2D eigenvalue weighted by Crippen LogP contribution is -2.34. The highest BCUT2D eigenvalue weighted by Gasteiger charge is 2.30. The van der Waals surface area contributed by atoms with Crippen molar-refractivity contribution in [3.05, 3.63) is 69.9 Å². The normalized spacial score (nSPS) is 20.6. The number of hydrogen-bond donors (Lipinski definition) is 2. The number of carbonyl (C=O) groups is 1. The number of halogens is 3. The third-order valence-electron chi connectivity index (χ3n) is 4.54. The molecule has 0 heterocycles. The van der Waals surface area contributed by atoms with E-state index in [1.807, 2.05) is 30.3 Å². The first kappa shape index (κ1) is 19.9.